The first-order valence-corrected chi connectivity index (χ1v) is 15.7. The van der Waals surface area contributed by atoms with Crippen molar-refractivity contribution in [2.45, 2.75) is 6.92 Å². The number of hydrogen-bond acceptors (Lipinski definition) is 1. The van der Waals surface area contributed by atoms with Gasteiger partial charge in [-0.3, -0.25) is 0 Å². The predicted molar refractivity (Wildman–Crippen MR) is 174 cm³/mol. The molecule has 0 fully saturated rings. The Kier molecular flexibility index (Phi) is 6.11. The van der Waals surface area contributed by atoms with Gasteiger partial charge in [0.25, 0.3) is 0 Å². The summed E-state index contributed by atoms with van der Waals surface area (Å²) in [5.41, 5.74) is 4.75. The first-order valence-electron chi connectivity index (χ1n) is 13.9. The van der Waals surface area contributed by atoms with Gasteiger partial charge in [0.1, 0.15) is 7.14 Å². The lowest BCUT2D eigenvalue weighted by Crippen LogP contribution is -2.17. The number of rotatable bonds is 5. The molecule has 0 aliphatic carbocycles. The van der Waals surface area contributed by atoms with Gasteiger partial charge in [-0.05, 0) is 66.7 Å². The van der Waals surface area contributed by atoms with E-state index in [-0.39, 0.29) is 0 Å². The van der Waals surface area contributed by atoms with E-state index < -0.39 is 7.14 Å². The zero-order valence-electron chi connectivity index (χ0n) is 22.4. The molecule has 0 N–H and O–H groups in total. The van der Waals surface area contributed by atoms with E-state index in [0.29, 0.717) is 6.16 Å². The van der Waals surface area contributed by atoms with E-state index >= 15 is 0 Å². The van der Waals surface area contributed by atoms with E-state index in [1.165, 1.54) is 49.0 Å². The molecule has 192 valence electrons. The number of benzene rings is 7. The average Bonchev–Trinajstić information content (AvgIpc) is 3.03. The summed E-state index contributed by atoms with van der Waals surface area (Å²) in [6, 6.07) is 51.1. The summed E-state index contributed by atoms with van der Waals surface area (Å²) in [7, 11) is -2.75. The Morgan fingerprint density at radius 3 is 1.55 bits per heavy atom. The minimum absolute atomic E-state index is 0.586. The largest absolute Gasteiger partial charge is 0.314 e. The molecule has 1 unspecified atom stereocenters. The van der Waals surface area contributed by atoms with Crippen LogP contribution in [0.4, 0.5) is 0 Å². The minimum Gasteiger partial charge on any atom is -0.314 e. The van der Waals surface area contributed by atoms with Crippen LogP contribution in [0.25, 0.3) is 54.6 Å². The van der Waals surface area contributed by atoms with Gasteiger partial charge in [0.2, 0.25) is 0 Å². The molecule has 2 heteroatoms. The Morgan fingerprint density at radius 1 is 0.450 bits per heavy atom. The first kappa shape index (κ1) is 24.6. The van der Waals surface area contributed by atoms with Crippen LogP contribution in [-0.2, 0) is 4.57 Å². The molecule has 0 aliphatic rings. The Morgan fingerprint density at radius 2 is 0.950 bits per heavy atom. The molecule has 40 heavy (non-hydrogen) atoms. The molecule has 7 aromatic rings. The van der Waals surface area contributed by atoms with Gasteiger partial charge in [0.15, 0.2) is 0 Å². The fraction of sp³-hybridized carbons (Fsp3) is 0.0526. The van der Waals surface area contributed by atoms with Crippen LogP contribution < -0.4 is 10.6 Å². The third-order valence-electron chi connectivity index (χ3n) is 8.14. The normalized spacial score (nSPS) is 13.0. The lowest BCUT2D eigenvalue weighted by atomic mass is 9.85. The molecule has 7 aromatic carbocycles. The van der Waals surface area contributed by atoms with Crippen molar-refractivity contribution in [3.8, 4) is 22.3 Å². The van der Waals surface area contributed by atoms with E-state index in [1.807, 2.05) is 43.3 Å². The summed E-state index contributed by atoms with van der Waals surface area (Å²) < 4.78 is 14.4. The van der Waals surface area contributed by atoms with E-state index in [1.54, 1.807) is 0 Å². The first-order chi connectivity index (χ1) is 19.7. The van der Waals surface area contributed by atoms with Crippen LogP contribution in [0.15, 0.2) is 146 Å². The van der Waals surface area contributed by atoms with Crippen LogP contribution in [0.5, 0.6) is 0 Å². The van der Waals surface area contributed by atoms with Crippen molar-refractivity contribution >= 4 is 50.1 Å². The molecule has 0 aliphatic heterocycles. The molecule has 0 saturated carbocycles. The van der Waals surface area contributed by atoms with E-state index in [4.69, 9.17) is 0 Å². The third-order valence-corrected chi connectivity index (χ3v) is 11.3. The van der Waals surface area contributed by atoms with Crippen molar-refractivity contribution in [1.29, 1.82) is 0 Å². The van der Waals surface area contributed by atoms with Crippen molar-refractivity contribution in [2.75, 3.05) is 6.16 Å². The maximum absolute atomic E-state index is 14.4. The van der Waals surface area contributed by atoms with Gasteiger partial charge in [0.05, 0.1) is 0 Å². The second kappa shape index (κ2) is 9.94. The quantitative estimate of drug-likeness (QED) is 0.159. The average molecular weight is 533 g/mol. The highest BCUT2D eigenvalue weighted by Gasteiger charge is 2.26. The predicted octanol–water partition coefficient (Wildman–Crippen LogP) is 9.81. The van der Waals surface area contributed by atoms with Gasteiger partial charge >= 0.3 is 0 Å². The zero-order valence-corrected chi connectivity index (χ0v) is 23.3. The van der Waals surface area contributed by atoms with E-state index in [2.05, 4.69) is 109 Å². The summed E-state index contributed by atoms with van der Waals surface area (Å²) in [4.78, 5) is 0. The third kappa shape index (κ3) is 3.98. The fourth-order valence-electron chi connectivity index (χ4n) is 6.16. The van der Waals surface area contributed by atoms with Crippen molar-refractivity contribution in [3.05, 3.63) is 146 Å². The van der Waals surface area contributed by atoms with Crippen molar-refractivity contribution in [1.82, 2.24) is 0 Å². The van der Waals surface area contributed by atoms with Crippen molar-refractivity contribution < 1.29 is 4.57 Å². The summed E-state index contributed by atoms with van der Waals surface area (Å²) in [5, 5.41) is 9.15. The van der Waals surface area contributed by atoms with Crippen LogP contribution in [-0.4, -0.2) is 6.16 Å². The smallest absolute Gasteiger partial charge is 0.143 e. The number of hydrogen-bond donors (Lipinski definition) is 0. The lowest BCUT2D eigenvalue weighted by molar-refractivity contribution is 0.587. The van der Waals surface area contributed by atoms with E-state index in [9.17, 15) is 4.57 Å². The SMILES string of the molecule is CCP(=O)(c1ccccc1)c1cccc(-c2c3ccccc3c(-c3ccc4ccccc4c3)c3ccccc23)c1. The fourth-order valence-corrected chi connectivity index (χ4v) is 8.52. The van der Waals surface area contributed by atoms with Gasteiger partial charge in [-0.25, -0.2) is 0 Å². The molecule has 0 radical (unpaired) electrons. The Bertz CT molecular complexity index is 2020. The van der Waals surface area contributed by atoms with Crippen LogP contribution in [0.2, 0.25) is 0 Å². The molecule has 0 spiro atoms. The summed E-state index contributed by atoms with van der Waals surface area (Å²) in [6.45, 7) is 2.03. The molecular weight excluding hydrogens is 503 g/mol. The highest BCUT2D eigenvalue weighted by atomic mass is 31.2. The maximum atomic E-state index is 14.4. The van der Waals surface area contributed by atoms with Gasteiger partial charge in [-0.1, -0.05) is 140 Å². The molecule has 1 atom stereocenters. The minimum atomic E-state index is -2.75. The maximum Gasteiger partial charge on any atom is 0.143 e. The van der Waals surface area contributed by atoms with Crippen LogP contribution in [0.1, 0.15) is 6.92 Å². The standard InChI is InChI=1S/C38H29OP/c1-2-40(39,31-16-4-3-5-17-31)32-18-12-15-29(26-32)37-33-19-8-10-21-35(33)38(36-22-11-9-20-34(36)37)30-24-23-27-13-6-7-14-28(27)25-30/h3-26H,2H2,1H3. The van der Waals surface area contributed by atoms with Crippen LogP contribution in [0.3, 0.4) is 0 Å². The molecule has 0 amide bonds. The molecule has 0 saturated heterocycles. The Hall–Kier alpha value is -4.45. The van der Waals surface area contributed by atoms with Crippen molar-refractivity contribution in [2.24, 2.45) is 0 Å². The Labute approximate surface area is 235 Å². The van der Waals surface area contributed by atoms with Gasteiger partial charge < -0.3 is 4.57 Å². The molecule has 0 bridgehead atoms. The summed E-state index contributed by atoms with van der Waals surface area (Å²) >= 11 is 0. The van der Waals surface area contributed by atoms with Gasteiger partial charge in [-0.2, -0.15) is 0 Å². The topological polar surface area (TPSA) is 17.1 Å². The second-order valence-electron chi connectivity index (χ2n) is 10.3. The second-order valence-corrected chi connectivity index (χ2v) is 13.5. The van der Waals surface area contributed by atoms with Gasteiger partial charge in [-0.15, -0.1) is 0 Å². The van der Waals surface area contributed by atoms with Gasteiger partial charge in [0, 0.05) is 16.8 Å². The van der Waals surface area contributed by atoms with Crippen LogP contribution >= 0.6 is 7.14 Å². The summed E-state index contributed by atoms with van der Waals surface area (Å²) in [5.74, 6) is 0. The monoisotopic (exact) mass is 532 g/mol. The van der Waals surface area contributed by atoms with Crippen LogP contribution in [0, 0.1) is 0 Å². The summed E-state index contributed by atoms with van der Waals surface area (Å²) in [6.07, 6.45) is 0.586. The zero-order chi connectivity index (χ0) is 27.1. The number of fused-ring (bicyclic) bond motifs is 3. The molecule has 0 heterocycles. The van der Waals surface area contributed by atoms with Crippen molar-refractivity contribution in [3.63, 3.8) is 0 Å². The molecule has 1 nitrogen and oxygen atoms in total. The highest BCUT2D eigenvalue weighted by Crippen LogP contribution is 2.46. The van der Waals surface area contributed by atoms with E-state index in [0.717, 1.165) is 16.2 Å². The lowest BCUT2D eigenvalue weighted by Gasteiger charge is -2.20. The molecular formula is C38H29OP. The molecule has 7 rings (SSSR count). The molecule has 0 aromatic heterocycles. The highest BCUT2D eigenvalue weighted by molar-refractivity contribution is 7.78. The Balaban J connectivity index is 1.52.